The minimum Gasteiger partial charge on any atom is -0.322 e. The molecule has 1 heterocycles. The van der Waals surface area contributed by atoms with Crippen LogP contribution >= 0.6 is 0 Å². The molecule has 2 N–H and O–H groups in total. The van der Waals surface area contributed by atoms with Crippen LogP contribution in [0.1, 0.15) is 35.5 Å². The van der Waals surface area contributed by atoms with Gasteiger partial charge in [-0.05, 0) is 44.0 Å². The number of nitrogens with zero attached hydrogens (tertiary/aromatic N) is 2. The Bertz CT molecular complexity index is 767. The summed E-state index contributed by atoms with van der Waals surface area (Å²) in [5.74, 6) is 0.941. The third-order valence-electron chi connectivity index (χ3n) is 3.80. The van der Waals surface area contributed by atoms with Gasteiger partial charge in [-0.1, -0.05) is 35.9 Å². The van der Waals surface area contributed by atoms with E-state index in [9.17, 15) is 0 Å². The molecule has 3 heteroatoms. The van der Waals surface area contributed by atoms with Gasteiger partial charge in [0.25, 0.3) is 0 Å². The summed E-state index contributed by atoms with van der Waals surface area (Å²) in [5.41, 5.74) is 12.0. The number of aryl methyl sites for hydroxylation is 2. The molecule has 0 radical (unpaired) electrons. The van der Waals surface area contributed by atoms with Crippen molar-refractivity contribution in [2.45, 2.75) is 33.4 Å². The number of hydrogen-bond acceptors (Lipinski definition) is 2. The normalized spacial score (nSPS) is 12.8. The van der Waals surface area contributed by atoms with Gasteiger partial charge in [0.1, 0.15) is 5.82 Å². The fourth-order valence-corrected chi connectivity index (χ4v) is 2.65. The van der Waals surface area contributed by atoms with Crippen LogP contribution < -0.4 is 5.73 Å². The Labute approximate surface area is 125 Å². The lowest BCUT2D eigenvalue weighted by Gasteiger charge is -2.12. The lowest BCUT2D eigenvalue weighted by atomic mass is 10.1. The molecule has 0 amide bonds. The molecule has 0 bridgehead atoms. The summed E-state index contributed by atoms with van der Waals surface area (Å²) in [6.45, 7) is 6.98. The molecule has 21 heavy (non-hydrogen) atoms. The molecule has 108 valence electrons. The lowest BCUT2D eigenvalue weighted by Crippen LogP contribution is -2.14. The van der Waals surface area contributed by atoms with Gasteiger partial charge in [0.2, 0.25) is 0 Å². The van der Waals surface area contributed by atoms with Crippen molar-refractivity contribution in [3.63, 3.8) is 0 Å². The highest BCUT2D eigenvalue weighted by molar-refractivity contribution is 5.77. The monoisotopic (exact) mass is 279 g/mol. The van der Waals surface area contributed by atoms with Crippen LogP contribution in [0.4, 0.5) is 0 Å². The Kier molecular flexibility index (Phi) is 3.52. The summed E-state index contributed by atoms with van der Waals surface area (Å²) in [6.07, 6.45) is 0. The first-order chi connectivity index (χ1) is 10.0. The Morgan fingerprint density at radius 1 is 1.05 bits per heavy atom. The number of aromatic nitrogens is 2. The summed E-state index contributed by atoms with van der Waals surface area (Å²) in [7, 11) is 0. The van der Waals surface area contributed by atoms with E-state index < -0.39 is 0 Å². The van der Waals surface area contributed by atoms with Crippen molar-refractivity contribution >= 4 is 11.0 Å². The zero-order valence-corrected chi connectivity index (χ0v) is 12.8. The number of imidazole rings is 1. The molecule has 1 unspecified atom stereocenters. The molecule has 0 saturated heterocycles. The van der Waals surface area contributed by atoms with Gasteiger partial charge in [0, 0.05) is 6.54 Å². The minimum atomic E-state index is -0.0804. The third-order valence-corrected chi connectivity index (χ3v) is 3.80. The SMILES string of the molecule is Cc1ccc(Cn2c(C(C)N)nc3cc(C)ccc32)cc1. The molecule has 3 rings (SSSR count). The Hall–Kier alpha value is -2.13. The minimum absolute atomic E-state index is 0.0804. The van der Waals surface area contributed by atoms with Gasteiger partial charge in [0.05, 0.1) is 17.1 Å². The molecular weight excluding hydrogens is 258 g/mol. The maximum atomic E-state index is 6.11. The van der Waals surface area contributed by atoms with Crippen LogP contribution in [-0.4, -0.2) is 9.55 Å². The van der Waals surface area contributed by atoms with Crippen molar-refractivity contribution in [2.75, 3.05) is 0 Å². The van der Waals surface area contributed by atoms with E-state index in [4.69, 9.17) is 10.7 Å². The van der Waals surface area contributed by atoms with Crippen LogP contribution in [0.3, 0.4) is 0 Å². The molecule has 3 nitrogen and oxygen atoms in total. The molecule has 0 saturated carbocycles. The average Bonchev–Trinajstić information content (AvgIpc) is 2.79. The summed E-state index contributed by atoms with van der Waals surface area (Å²) in [5, 5.41) is 0. The number of benzene rings is 2. The summed E-state index contributed by atoms with van der Waals surface area (Å²) in [4.78, 5) is 4.72. The quantitative estimate of drug-likeness (QED) is 0.794. The molecule has 0 aliphatic rings. The van der Waals surface area contributed by atoms with Gasteiger partial charge in [-0.15, -0.1) is 0 Å². The van der Waals surface area contributed by atoms with Crippen molar-refractivity contribution < 1.29 is 0 Å². The van der Waals surface area contributed by atoms with Gasteiger partial charge < -0.3 is 10.3 Å². The number of nitrogens with two attached hydrogens (primary N) is 1. The van der Waals surface area contributed by atoms with Crippen LogP contribution in [0.15, 0.2) is 42.5 Å². The van der Waals surface area contributed by atoms with Crippen LogP contribution in [0.25, 0.3) is 11.0 Å². The van der Waals surface area contributed by atoms with Gasteiger partial charge in [0.15, 0.2) is 0 Å². The van der Waals surface area contributed by atoms with Crippen molar-refractivity contribution in [3.8, 4) is 0 Å². The van der Waals surface area contributed by atoms with Crippen molar-refractivity contribution in [2.24, 2.45) is 5.73 Å². The van der Waals surface area contributed by atoms with Gasteiger partial charge in [-0.2, -0.15) is 0 Å². The van der Waals surface area contributed by atoms with E-state index in [0.29, 0.717) is 0 Å². The zero-order chi connectivity index (χ0) is 15.0. The summed E-state index contributed by atoms with van der Waals surface area (Å²) < 4.78 is 2.23. The Balaban J connectivity index is 2.10. The highest BCUT2D eigenvalue weighted by Crippen LogP contribution is 2.22. The predicted molar refractivity (Wildman–Crippen MR) is 87.4 cm³/mol. The fraction of sp³-hybridized carbons (Fsp3) is 0.278. The second-order valence-electron chi connectivity index (χ2n) is 5.82. The molecule has 1 aromatic heterocycles. The molecule has 0 spiro atoms. The highest BCUT2D eigenvalue weighted by atomic mass is 15.1. The fourth-order valence-electron chi connectivity index (χ4n) is 2.65. The maximum Gasteiger partial charge on any atom is 0.126 e. The van der Waals surface area contributed by atoms with E-state index in [2.05, 4.69) is 60.9 Å². The van der Waals surface area contributed by atoms with Crippen LogP contribution in [0.5, 0.6) is 0 Å². The maximum absolute atomic E-state index is 6.11. The molecule has 0 aliphatic heterocycles. The average molecular weight is 279 g/mol. The first-order valence-electron chi connectivity index (χ1n) is 7.32. The highest BCUT2D eigenvalue weighted by Gasteiger charge is 2.14. The standard InChI is InChI=1S/C18H21N3/c1-12-4-7-15(8-5-12)11-21-17-9-6-13(2)10-16(17)20-18(21)14(3)19/h4-10,14H,11,19H2,1-3H3. The predicted octanol–water partition coefficient (Wildman–Crippen LogP) is 3.72. The second kappa shape index (κ2) is 5.34. The molecule has 0 fully saturated rings. The van der Waals surface area contributed by atoms with E-state index >= 15 is 0 Å². The first-order valence-corrected chi connectivity index (χ1v) is 7.32. The van der Waals surface area contributed by atoms with E-state index in [1.807, 2.05) is 6.92 Å². The van der Waals surface area contributed by atoms with Crippen LogP contribution in [0.2, 0.25) is 0 Å². The van der Waals surface area contributed by atoms with Gasteiger partial charge in [-0.3, -0.25) is 0 Å². The summed E-state index contributed by atoms with van der Waals surface area (Å²) >= 11 is 0. The first kappa shape index (κ1) is 13.8. The van der Waals surface area contributed by atoms with Crippen molar-refractivity contribution in [1.29, 1.82) is 0 Å². The molecule has 1 atom stereocenters. The van der Waals surface area contributed by atoms with Gasteiger partial charge >= 0.3 is 0 Å². The van der Waals surface area contributed by atoms with E-state index in [1.54, 1.807) is 0 Å². The Morgan fingerprint density at radius 2 is 1.71 bits per heavy atom. The van der Waals surface area contributed by atoms with Crippen molar-refractivity contribution in [3.05, 3.63) is 65.0 Å². The molecule has 0 aliphatic carbocycles. The van der Waals surface area contributed by atoms with E-state index in [-0.39, 0.29) is 6.04 Å². The topological polar surface area (TPSA) is 43.8 Å². The second-order valence-corrected chi connectivity index (χ2v) is 5.82. The lowest BCUT2D eigenvalue weighted by molar-refractivity contribution is 0.664. The third kappa shape index (κ3) is 2.69. The Morgan fingerprint density at radius 3 is 2.38 bits per heavy atom. The smallest absolute Gasteiger partial charge is 0.126 e. The zero-order valence-electron chi connectivity index (χ0n) is 12.8. The van der Waals surface area contributed by atoms with E-state index in [0.717, 1.165) is 23.4 Å². The largest absolute Gasteiger partial charge is 0.322 e. The number of rotatable bonds is 3. The van der Waals surface area contributed by atoms with Crippen LogP contribution in [0, 0.1) is 13.8 Å². The summed E-state index contributed by atoms with van der Waals surface area (Å²) in [6, 6.07) is 14.9. The number of fused-ring (bicyclic) bond motifs is 1. The van der Waals surface area contributed by atoms with Gasteiger partial charge in [-0.25, -0.2) is 4.98 Å². The molecule has 2 aromatic carbocycles. The number of hydrogen-bond donors (Lipinski definition) is 1. The van der Waals surface area contributed by atoms with E-state index in [1.165, 1.54) is 16.7 Å². The van der Waals surface area contributed by atoms with Crippen molar-refractivity contribution in [1.82, 2.24) is 9.55 Å². The van der Waals surface area contributed by atoms with Crippen LogP contribution in [-0.2, 0) is 6.54 Å². The molecule has 3 aromatic rings. The molecular formula is C18H21N3.